The van der Waals surface area contributed by atoms with Gasteiger partial charge in [0.2, 0.25) is 5.91 Å². The highest BCUT2D eigenvalue weighted by molar-refractivity contribution is 7.92. The molecule has 0 spiro atoms. The molecule has 3 aromatic carbocycles. The van der Waals surface area contributed by atoms with Gasteiger partial charge < -0.3 is 10.1 Å². The Morgan fingerprint density at radius 3 is 2.27 bits per heavy atom. The Kier molecular flexibility index (Phi) is 7.76. The molecule has 0 unspecified atom stereocenters. The third kappa shape index (κ3) is 5.93. The summed E-state index contributed by atoms with van der Waals surface area (Å²) in [6, 6.07) is 20.6. The summed E-state index contributed by atoms with van der Waals surface area (Å²) in [6.45, 7) is 7.92. The second kappa shape index (κ2) is 10.5. The third-order valence-electron chi connectivity index (χ3n) is 5.32. The molecule has 0 bridgehead atoms. The Bertz CT molecular complexity index is 1190. The quantitative estimate of drug-likeness (QED) is 0.493. The lowest BCUT2D eigenvalue weighted by Gasteiger charge is -2.25. The van der Waals surface area contributed by atoms with Crippen LogP contribution in [-0.2, 0) is 14.8 Å². The van der Waals surface area contributed by atoms with Crippen molar-refractivity contribution in [3.05, 3.63) is 89.5 Å². The van der Waals surface area contributed by atoms with Crippen molar-refractivity contribution in [1.82, 2.24) is 5.32 Å². The number of aryl methyl sites for hydroxylation is 2. The lowest BCUT2D eigenvalue weighted by Crippen LogP contribution is -2.41. The SMILES string of the molecule is CCOc1ccc(S(=O)(=O)N(CC(=O)N[C@@H](C)c2ccc(C)cc2C)c2ccccc2)cc1. The molecule has 3 rings (SSSR count). The van der Waals surface area contributed by atoms with Gasteiger partial charge in [-0.1, -0.05) is 42.0 Å². The second-order valence-corrected chi connectivity index (χ2v) is 9.76. The monoisotopic (exact) mass is 466 g/mol. The van der Waals surface area contributed by atoms with Crippen LogP contribution in [0.25, 0.3) is 0 Å². The van der Waals surface area contributed by atoms with Crippen molar-refractivity contribution < 1.29 is 17.9 Å². The predicted octanol–water partition coefficient (Wildman–Crippen LogP) is 4.77. The molecule has 6 nitrogen and oxygen atoms in total. The van der Waals surface area contributed by atoms with Gasteiger partial charge in [-0.15, -0.1) is 0 Å². The number of amides is 1. The molecule has 0 fully saturated rings. The maximum Gasteiger partial charge on any atom is 0.264 e. The van der Waals surface area contributed by atoms with E-state index in [1.807, 2.05) is 39.8 Å². The van der Waals surface area contributed by atoms with E-state index in [1.165, 1.54) is 12.1 Å². The molecule has 174 valence electrons. The van der Waals surface area contributed by atoms with Crippen LogP contribution in [0.5, 0.6) is 5.75 Å². The average Bonchev–Trinajstić information content (AvgIpc) is 2.78. The zero-order chi connectivity index (χ0) is 24.0. The molecule has 0 saturated carbocycles. The Balaban J connectivity index is 1.86. The summed E-state index contributed by atoms with van der Waals surface area (Å²) in [6.07, 6.45) is 0. The molecule has 33 heavy (non-hydrogen) atoms. The molecule has 0 aliphatic carbocycles. The van der Waals surface area contributed by atoms with Gasteiger partial charge >= 0.3 is 0 Å². The molecule has 7 heteroatoms. The Morgan fingerprint density at radius 2 is 1.67 bits per heavy atom. The minimum absolute atomic E-state index is 0.0880. The topological polar surface area (TPSA) is 75.7 Å². The van der Waals surface area contributed by atoms with Crippen LogP contribution in [0.15, 0.2) is 77.7 Å². The molecule has 1 N–H and O–H groups in total. The van der Waals surface area contributed by atoms with Crippen LogP contribution < -0.4 is 14.4 Å². The number of ether oxygens (including phenoxy) is 1. The number of hydrogen-bond donors (Lipinski definition) is 1. The highest BCUT2D eigenvalue weighted by atomic mass is 32.2. The zero-order valence-corrected chi connectivity index (χ0v) is 20.2. The van der Waals surface area contributed by atoms with Gasteiger partial charge in [0, 0.05) is 0 Å². The van der Waals surface area contributed by atoms with E-state index in [0.29, 0.717) is 18.0 Å². The zero-order valence-electron chi connectivity index (χ0n) is 19.4. The Hall–Kier alpha value is -3.32. The van der Waals surface area contributed by atoms with E-state index in [2.05, 4.69) is 11.4 Å². The first-order valence-corrected chi connectivity index (χ1v) is 12.3. The highest BCUT2D eigenvalue weighted by Crippen LogP contribution is 2.25. The summed E-state index contributed by atoms with van der Waals surface area (Å²) in [5.41, 5.74) is 3.63. The normalized spacial score (nSPS) is 12.1. The van der Waals surface area contributed by atoms with E-state index in [4.69, 9.17) is 4.74 Å². The van der Waals surface area contributed by atoms with Gasteiger partial charge in [-0.3, -0.25) is 9.10 Å². The van der Waals surface area contributed by atoms with Gasteiger partial charge in [-0.2, -0.15) is 0 Å². The molecule has 1 amide bonds. The van der Waals surface area contributed by atoms with Crippen LogP contribution in [0, 0.1) is 13.8 Å². The fourth-order valence-electron chi connectivity index (χ4n) is 3.72. The molecule has 0 saturated heterocycles. The van der Waals surface area contributed by atoms with Crippen molar-refractivity contribution >= 4 is 21.6 Å². The number of nitrogens with zero attached hydrogens (tertiary/aromatic N) is 1. The largest absolute Gasteiger partial charge is 0.494 e. The van der Waals surface area contributed by atoms with Gasteiger partial charge in [0.25, 0.3) is 10.0 Å². The standard InChI is InChI=1S/C26H30N2O4S/c1-5-32-23-12-14-24(15-13-23)33(30,31)28(22-9-7-6-8-10-22)18-26(29)27-21(4)25-16-11-19(2)17-20(25)3/h6-17,21H,5,18H2,1-4H3,(H,27,29)/t21-/m0/s1. The number of carbonyl (C=O) groups is 1. The van der Waals surface area contributed by atoms with E-state index in [9.17, 15) is 13.2 Å². The predicted molar refractivity (Wildman–Crippen MR) is 131 cm³/mol. The first-order valence-electron chi connectivity index (χ1n) is 10.9. The minimum atomic E-state index is -3.98. The number of benzene rings is 3. The fourth-order valence-corrected chi connectivity index (χ4v) is 5.14. The van der Waals surface area contributed by atoms with Crippen LogP contribution in [0.2, 0.25) is 0 Å². The molecule has 0 aliphatic heterocycles. The number of carbonyl (C=O) groups excluding carboxylic acids is 1. The number of rotatable bonds is 9. The molecule has 0 radical (unpaired) electrons. The lowest BCUT2D eigenvalue weighted by atomic mass is 10.0. The summed E-state index contributed by atoms with van der Waals surface area (Å²) in [5, 5.41) is 2.94. The first-order chi connectivity index (χ1) is 15.7. The third-order valence-corrected chi connectivity index (χ3v) is 7.11. The summed E-state index contributed by atoms with van der Waals surface area (Å²) in [4.78, 5) is 13.1. The van der Waals surface area contributed by atoms with Gasteiger partial charge in [0.05, 0.1) is 23.2 Å². The van der Waals surface area contributed by atoms with E-state index in [0.717, 1.165) is 21.0 Å². The average molecular weight is 467 g/mol. The second-order valence-electron chi connectivity index (χ2n) is 7.90. The molecular weight excluding hydrogens is 436 g/mol. The van der Waals surface area contributed by atoms with Crippen molar-refractivity contribution in [3.8, 4) is 5.75 Å². The number of nitrogens with one attached hydrogen (secondary N) is 1. The maximum atomic E-state index is 13.5. The first kappa shape index (κ1) is 24.3. The van der Waals surface area contributed by atoms with Gasteiger partial charge in [-0.05, 0) is 75.2 Å². The van der Waals surface area contributed by atoms with Crippen molar-refractivity contribution in [2.75, 3.05) is 17.5 Å². The lowest BCUT2D eigenvalue weighted by molar-refractivity contribution is -0.120. The summed E-state index contributed by atoms with van der Waals surface area (Å²) in [5.74, 6) is 0.198. The van der Waals surface area contributed by atoms with Crippen molar-refractivity contribution in [2.45, 2.75) is 38.6 Å². The van der Waals surface area contributed by atoms with Crippen LogP contribution in [0.4, 0.5) is 5.69 Å². The van der Waals surface area contributed by atoms with Crippen LogP contribution in [0.3, 0.4) is 0 Å². The van der Waals surface area contributed by atoms with Gasteiger partial charge in [-0.25, -0.2) is 8.42 Å². The van der Waals surface area contributed by atoms with Gasteiger partial charge in [0.1, 0.15) is 12.3 Å². The number of anilines is 1. The Labute approximate surface area is 196 Å². The smallest absolute Gasteiger partial charge is 0.264 e. The molecule has 0 aromatic heterocycles. The number of hydrogen-bond acceptors (Lipinski definition) is 4. The fraction of sp³-hybridized carbons (Fsp3) is 0.269. The van der Waals surface area contributed by atoms with Crippen molar-refractivity contribution in [1.29, 1.82) is 0 Å². The molecular formula is C26H30N2O4S. The van der Waals surface area contributed by atoms with Gasteiger partial charge in [0.15, 0.2) is 0 Å². The summed E-state index contributed by atoms with van der Waals surface area (Å²) in [7, 11) is -3.98. The van der Waals surface area contributed by atoms with Crippen LogP contribution >= 0.6 is 0 Å². The highest BCUT2D eigenvalue weighted by Gasteiger charge is 2.28. The summed E-state index contributed by atoms with van der Waals surface area (Å²) < 4.78 is 33.5. The van der Waals surface area contributed by atoms with E-state index in [1.54, 1.807) is 42.5 Å². The minimum Gasteiger partial charge on any atom is -0.494 e. The molecule has 1 atom stereocenters. The molecule has 3 aromatic rings. The number of sulfonamides is 1. The van der Waals surface area contributed by atoms with Crippen molar-refractivity contribution in [2.24, 2.45) is 0 Å². The van der Waals surface area contributed by atoms with E-state index < -0.39 is 10.0 Å². The molecule has 0 heterocycles. The molecule has 0 aliphatic rings. The maximum absolute atomic E-state index is 13.5. The van der Waals surface area contributed by atoms with E-state index >= 15 is 0 Å². The van der Waals surface area contributed by atoms with Crippen molar-refractivity contribution in [3.63, 3.8) is 0 Å². The number of para-hydroxylation sites is 1. The van der Waals surface area contributed by atoms with Crippen LogP contribution in [0.1, 0.15) is 36.6 Å². The van der Waals surface area contributed by atoms with Crippen LogP contribution in [-0.4, -0.2) is 27.5 Å². The summed E-state index contributed by atoms with van der Waals surface area (Å²) >= 11 is 0. The van der Waals surface area contributed by atoms with E-state index in [-0.39, 0.29) is 23.4 Å². The Morgan fingerprint density at radius 1 is 1.00 bits per heavy atom.